The van der Waals surface area contributed by atoms with E-state index < -0.39 is 0 Å². The van der Waals surface area contributed by atoms with E-state index in [9.17, 15) is 4.79 Å². The summed E-state index contributed by atoms with van der Waals surface area (Å²) in [6.07, 6.45) is 7.81. The van der Waals surface area contributed by atoms with Crippen LogP contribution >= 0.6 is 0 Å². The Bertz CT molecular complexity index is 724. The van der Waals surface area contributed by atoms with Gasteiger partial charge in [-0.05, 0) is 31.7 Å². The molecule has 2 N–H and O–H groups in total. The number of ether oxygens (including phenoxy) is 1. The third kappa shape index (κ3) is 8.39. The lowest BCUT2D eigenvalue weighted by molar-refractivity contribution is 0.109. The maximum Gasteiger partial charge on any atom is 0.319 e. The Morgan fingerprint density at radius 2 is 1.93 bits per heavy atom. The molecule has 0 unspecified atom stereocenters. The Kier molecular flexibility index (Phi) is 10.1. The molecule has 0 spiro atoms. The van der Waals surface area contributed by atoms with Crippen molar-refractivity contribution in [2.75, 3.05) is 52.2 Å². The predicted molar refractivity (Wildman–Crippen MR) is 124 cm³/mol. The average molecular weight is 414 g/mol. The number of amides is 2. The molecule has 7 heteroatoms. The van der Waals surface area contributed by atoms with Gasteiger partial charge >= 0.3 is 6.03 Å². The van der Waals surface area contributed by atoms with Crippen molar-refractivity contribution >= 4 is 17.9 Å². The van der Waals surface area contributed by atoms with Crippen LogP contribution in [-0.4, -0.2) is 75.1 Å². The van der Waals surface area contributed by atoms with E-state index in [1.807, 2.05) is 61.7 Å². The first kappa shape index (κ1) is 23.6. The smallest absolute Gasteiger partial charge is 0.319 e. The van der Waals surface area contributed by atoms with Gasteiger partial charge in [-0.15, -0.1) is 0 Å². The quantitative estimate of drug-likeness (QED) is 0.482. The number of benzene rings is 1. The second-order valence-corrected chi connectivity index (χ2v) is 7.58. The predicted octanol–water partition coefficient (Wildman–Crippen LogP) is 3.19. The molecule has 1 fully saturated rings. The molecule has 1 aromatic rings. The summed E-state index contributed by atoms with van der Waals surface area (Å²) in [6, 6.07) is 9.14. The fraction of sp³-hybridized carbons (Fsp3) is 0.478. The third-order valence-electron chi connectivity index (χ3n) is 5.03. The van der Waals surface area contributed by atoms with Crippen LogP contribution in [0.15, 0.2) is 59.2 Å². The number of carbonyl (C=O) groups excluding carboxylic acids is 1. The highest BCUT2D eigenvalue weighted by Crippen LogP contribution is 2.15. The average Bonchev–Trinajstić information content (AvgIpc) is 2.74. The minimum Gasteiger partial charge on any atom is -0.376 e. The number of allylic oxidation sites excluding steroid dienone is 2. The molecule has 0 aliphatic carbocycles. The number of carbonyl (C=O) groups is 1. The van der Waals surface area contributed by atoms with Gasteiger partial charge in [-0.2, -0.15) is 5.10 Å². The maximum atomic E-state index is 11.9. The number of hydrogen-bond donors (Lipinski definition) is 2. The number of piperazine rings is 1. The second-order valence-electron chi connectivity index (χ2n) is 7.58. The number of nitrogens with zero attached hydrogens (tertiary/aromatic N) is 3. The normalized spacial score (nSPS) is 18.0. The summed E-state index contributed by atoms with van der Waals surface area (Å²) in [5.41, 5.74) is 1.88. The van der Waals surface area contributed by atoms with E-state index in [2.05, 4.69) is 39.6 Å². The fourth-order valence-corrected chi connectivity index (χ4v) is 3.24. The van der Waals surface area contributed by atoms with Crippen molar-refractivity contribution in [3.05, 3.63) is 54.1 Å². The number of para-hydroxylation sites is 1. The first-order chi connectivity index (χ1) is 14.5. The van der Waals surface area contributed by atoms with Crippen molar-refractivity contribution in [1.82, 2.24) is 15.2 Å². The van der Waals surface area contributed by atoms with Crippen molar-refractivity contribution < 1.29 is 9.53 Å². The summed E-state index contributed by atoms with van der Waals surface area (Å²) in [5, 5.41) is 12.3. The molecule has 0 radical (unpaired) electrons. The highest BCUT2D eigenvalue weighted by Gasteiger charge is 2.17. The van der Waals surface area contributed by atoms with Crippen LogP contribution in [0.2, 0.25) is 0 Å². The van der Waals surface area contributed by atoms with Gasteiger partial charge in [-0.25, -0.2) is 4.79 Å². The van der Waals surface area contributed by atoms with Crippen LogP contribution in [0.4, 0.5) is 10.5 Å². The highest BCUT2D eigenvalue weighted by molar-refractivity contribution is 5.89. The van der Waals surface area contributed by atoms with Gasteiger partial charge in [-0.1, -0.05) is 43.4 Å². The van der Waals surface area contributed by atoms with E-state index in [1.54, 1.807) is 7.11 Å². The van der Waals surface area contributed by atoms with E-state index >= 15 is 0 Å². The van der Waals surface area contributed by atoms with Gasteiger partial charge in [0, 0.05) is 57.7 Å². The summed E-state index contributed by atoms with van der Waals surface area (Å²) in [6.45, 7) is 8.61. The number of nitrogens with one attached hydrogen (secondary N) is 2. The SMILES string of the molecule is CO[C@H](/C(C)=C/C=C/CNC(=O)Nc1ccccc1)[C@@H](C)/C=N/N1CCN(C)CC1. The molecule has 1 aliphatic rings. The number of urea groups is 1. The summed E-state index contributed by atoms with van der Waals surface area (Å²) < 4.78 is 5.69. The van der Waals surface area contributed by atoms with Crippen LogP contribution in [0, 0.1) is 5.92 Å². The molecule has 2 atom stereocenters. The van der Waals surface area contributed by atoms with E-state index in [4.69, 9.17) is 4.74 Å². The van der Waals surface area contributed by atoms with Gasteiger partial charge in [0.2, 0.25) is 0 Å². The zero-order chi connectivity index (χ0) is 21.8. The first-order valence-electron chi connectivity index (χ1n) is 10.4. The molecular weight excluding hydrogens is 378 g/mol. The van der Waals surface area contributed by atoms with E-state index in [-0.39, 0.29) is 18.1 Å². The molecule has 30 heavy (non-hydrogen) atoms. The molecule has 7 nitrogen and oxygen atoms in total. The van der Waals surface area contributed by atoms with Crippen LogP contribution in [0.5, 0.6) is 0 Å². The zero-order valence-electron chi connectivity index (χ0n) is 18.5. The van der Waals surface area contributed by atoms with Crippen molar-refractivity contribution in [2.24, 2.45) is 11.0 Å². The Labute approximate surface area is 180 Å². The molecule has 2 amide bonds. The van der Waals surface area contributed by atoms with Gasteiger partial charge < -0.3 is 20.3 Å². The maximum absolute atomic E-state index is 11.9. The van der Waals surface area contributed by atoms with Crippen LogP contribution in [0.1, 0.15) is 13.8 Å². The fourth-order valence-electron chi connectivity index (χ4n) is 3.24. The first-order valence-corrected chi connectivity index (χ1v) is 10.4. The molecule has 0 aromatic heterocycles. The molecule has 2 rings (SSSR count). The van der Waals surface area contributed by atoms with E-state index in [0.29, 0.717) is 6.54 Å². The van der Waals surface area contributed by atoms with Crippen LogP contribution in [0.25, 0.3) is 0 Å². The van der Waals surface area contributed by atoms with Crippen molar-refractivity contribution in [3.8, 4) is 0 Å². The number of hydrazone groups is 1. The molecule has 0 bridgehead atoms. The lowest BCUT2D eigenvalue weighted by Gasteiger charge is -2.30. The molecule has 1 saturated heterocycles. The number of anilines is 1. The molecule has 0 saturated carbocycles. The van der Waals surface area contributed by atoms with Crippen LogP contribution < -0.4 is 10.6 Å². The lowest BCUT2D eigenvalue weighted by Crippen LogP contribution is -2.42. The van der Waals surface area contributed by atoms with Gasteiger partial charge in [0.1, 0.15) is 0 Å². The molecule has 1 aliphatic heterocycles. The summed E-state index contributed by atoms with van der Waals surface area (Å²) in [7, 11) is 3.86. The van der Waals surface area contributed by atoms with Gasteiger partial charge in [0.25, 0.3) is 0 Å². The monoisotopic (exact) mass is 413 g/mol. The zero-order valence-corrected chi connectivity index (χ0v) is 18.5. The van der Waals surface area contributed by atoms with Crippen LogP contribution in [0.3, 0.4) is 0 Å². The molecule has 164 valence electrons. The molecule has 1 aromatic carbocycles. The summed E-state index contributed by atoms with van der Waals surface area (Å²) in [5.74, 6) is 0.161. The topological polar surface area (TPSA) is 69.2 Å². The number of methoxy groups -OCH3 is 1. The summed E-state index contributed by atoms with van der Waals surface area (Å²) in [4.78, 5) is 14.2. The second kappa shape index (κ2) is 12.8. The highest BCUT2D eigenvalue weighted by atomic mass is 16.5. The Hall–Kier alpha value is -2.64. The minimum atomic E-state index is -0.227. The van der Waals surface area contributed by atoms with Gasteiger partial charge in [0.05, 0.1) is 6.10 Å². The standard InChI is InChI=1S/C23H35N5O2/c1-19(10-8-9-13-24-23(29)26-21-11-6-5-7-12-21)22(30-4)20(2)18-25-28-16-14-27(3)15-17-28/h5-12,18,20,22H,13-17H2,1-4H3,(H2,24,26,29)/b9-8+,19-10+,25-18+/t20-,22+/m0/s1. The number of hydrogen-bond acceptors (Lipinski definition) is 5. The van der Waals surface area contributed by atoms with Crippen molar-refractivity contribution in [2.45, 2.75) is 20.0 Å². The lowest BCUT2D eigenvalue weighted by atomic mass is 9.99. The molecule has 1 heterocycles. The van der Waals surface area contributed by atoms with Crippen molar-refractivity contribution in [3.63, 3.8) is 0 Å². The van der Waals surface area contributed by atoms with Gasteiger partial charge in [0.15, 0.2) is 0 Å². The Balaban J connectivity index is 1.76. The van der Waals surface area contributed by atoms with E-state index in [1.165, 1.54) is 0 Å². The summed E-state index contributed by atoms with van der Waals surface area (Å²) >= 11 is 0. The third-order valence-corrected chi connectivity index (χ3v) is 5.03. The van der Waals surface area contributed by atoms with Crippen molar-refractivity contribution in [1.29, 1.82) is 0 Å². The number of likely N-dealkylation sites (N-methyl/N-ethyl adjacent to an activating group) is 1. The van der Waals surface area contributed by atoms with Gasteiger partial charge in [-0.3, -0.25) is 5.01 Å². The minimum absolute atomic E-state index is 0.0415. The Morgan fingerprint density at radius 1 is 1.23 bits per heavy atom. The van der Waals surface area contributed by atoms with Crippen LogP contribution in [-0.2, 0) is 4.74 Å². The molecular formula is C23H35N5O2. The Morgan fingerprint density at radius 3 is 2.60 bits per heavy atom. The van der Waals surface area contributed by atoms with E-state index in [0.717, 1.165) is 37.4 Å². The largest absolute Gasteiger partial charge is 0.376 e. The number of rotatable bonds is 9.